The van der Waals surface area contributed by atoms with Crippen molar-refractivity contribution in [2.24, 2.45) is 10.1 Å². The van der Waals surface area contributed by atoms with Crippen molar-refractivity contribution in [2.45, 2.75) is 24.9 Å². The Kier molecular flexibility index (Phi) is 10.1. The molecule has 1 aliphatic rings. The van der Waals surface area contributed by atoms with Crippen molar-refractivity contribution < 1.29 is 33.6 Å². The highest BCUT2D eigenvalue weighted by molar-refractivity contribution is 6.00. The lowest BCUT2D eigenvalue weighted by Crippen LogP contribution is -2.48. The van der Waals surface area contributed by atoms with Gasteiger partial charge in [-0.1, -0.05) is 29.4 Å². The van der Waals surface area contributed by atoms with Gasteiger partial charge in [-0.2, -0.15) is 0 Å². The number of methoxy groups -OCH3 is 3. The molecule has 1 aliphatic heterocycles. The van der Waals surface area contributed by atoms with E-state index in [2.05, 4.69) is 15.3 Å². The molecule has 0 saturated heterocycles. The standard InChI is InChI=1S/C30H33N5O7/c1-38-25-15-20(16-26(39-2)27(25)40-3)18-32-29(37)30(17-22-7-4-5-8-24(22)34-35-31)19-42-28(33-30)21-9-11-23(12-10-21)41-14-6-13-36/h4-5,7-12,15-16,36H,6,13-14,17-19H2,1-3H3,(H,32,37)/t30-/m1/s1. The maximum atomic E-state index is 13.9. The Morgan fingerprint density at radius 1 is 1.10 bits per heavy atom. The molecule has 12 nitrogen and oxygen atoms in total. The Labute approximate surface area is 243 Å². The zero-order valence-corrected chi connectivity index (χ0v) is 23.7. The molecule has 1 atom stereocenters. The number of carbonyl (C=O) groups excluding carboxylic acids is 1. The third-order valence-electron chi connectivity index (χ3n) is 6.66. The van der Waals surface area contributed by atoms with Crippen molar-refractivity contribution in [2.75, 3.05) is 41.2 Å². The highest BCUT2D eigenvalue weighted by Gasteiger charge is 2.44. The smallest absolute Gasteiger partial charge is 0.252 e. The maximum Gasteiger partial charge on any atom is 0.252 e. The molecular weight excluding hydrogens is 542 g/mol. The van der Waals surface area contributed by atoms with Gasteiger partial charge in [-0.15, -0.1) is 0 Å². The first-order valence-corrected chi connectivity index (χ1v) is 13.2. The van der Waals surface area contributed by atoms with Crippen LogP contribution in [0.1, 0.15) is 23.1 Å². The Morgan fingerprint density at radius 3 is 2.45 bits per heavy atom. The molecule has 0 aromatic heterocycles. The first-order chi connectivity index (χ1) is 20.5. The second-order valence-electron chi connectivity index (χ2n) is 9.40. The number of amides is 1. The van der Waals surface area contributed by atoms with E-state index in [-0.39, 0.29) is 32.1 Å². The van der Waals surface area contributed by atoms with Crippen LogP contribution >= 0.6 is 0 Å². The van der Waals surface area contributed by atoms with Crippen LogP contribution in [0.25, 0.3) is 10.4 Å². The van der Waals surface area contributed by atoms with Gasteiger partial charge in [-0.05, 0) is 53.1 Å². The molecule has 4 rings (SSSR count). The number of carbonyl (C=O) groups is 1. The van der Waals surface area contributed by atoms with E-state index in [9.17, 15) is 4.79 Å². The molecule has 0 saturated carbocycles. The summed E-state index contributed by atoms with van der Waals surface area (Å²) in [4.78, 5) is 21.6. The van der Waals surface area contributed by atoms with Crippen molar-refractivity contribution in [3.8, 4) is 23.0 Å². The van der Waals surface area contributed by atoms with Gasteiger partial charge in [0, 0.05) is 42.2 Å². The molecule has 42 heavy (non-hydrogen) atoms. The fourth-order valence-corrected chi connectivity index (χ4v) is 4.54. The van der Waals surface area contributed by atoms with Crippen LogP contribution in [0.2, 0.25) is 0 Å². The van der Waals surface area contributed by atoms with Gasteiger partial charge in [0.25, 0.3) is 5.91 Å². The molecular formula is C30H33N5O7. The number of nitrogens with one attached hydrogen (secondary N) is 1. The Bertz CT molecular complexity index is 1450. The number of benzene rings is 3. The van der Waals surface area contributed by atoms with E-state index in [1.54, 1.807) is 54.6 Å². The van der Waals surface area contributed by atoms with Crippen LogP contribution < -0.4 is 24.3 Å². The van der Waals surface area contributed by atoms with Gasteiger partial charge < -0.3 is 34.1 Å². The van der Waals surface area contributed by atoms with E-state index < -0.39 is 5.54 Å². The number of aliphatic hydroxyl groups is 1. The second-order valence-corrected chi connectivity index (χ2v) is 9.40. The number of azide groups is 1. The number of rotatable bonds is 14. The highest BCUT2D eigenvalue weighted by atomic mass is 16.5. The molecule has 220 valence electrons. The number of hydrogen-bond acceptors (Lipinski definition) is 9. The van der Waals surface area contributed by atoms with Gasteiger partial charge in [0.2, 0.25) is 11.6 Å². The monoisotopic (exact) mass is 575 g/mol. The molecule has 1 heterocycles. The molecule has 0 radical (unpaired) electrons. The van der Waals surface area contributed by atoms with Crippen LogP contribution in [-0.2, 0) is 22.5 Å². The zero-order chi connectivity index (χ0) is 30.0. The van der Waals surface area contributed by atoms with Crippen molar-refractivity contribution in [1.29, 1.82) is 0 Å². The average molecular weight is 576 g/mol. The number of hydrogen-bond donors (Lipinski definition) is 2. The number of ether oxygens (including phenoxy) is 5. The van der Waals surface area contributed by atoms with E-state index >= 15 is 0 Å². The van der Waals surface area contributed by atoms with Crippen LogP contribution in [0.4, 0.5) is 5.69 Å². The molecule has 3 aromatic rings. The first kappa shape index (κ1) is 30.0. The van der Waals surface area contributed by atoms with Crippen LogP contribution in [0, 0.1) is 0 Å². The van der Waals surface area contributed by atoms with Crippen LogP contribution in [-0.4, -0.2) is 63.6 Å². The van der Waals surface area contributed by atoms with Gasteiger partial charge >= 0.3 is 0 Å². The largest absolute Gasteiger partial charge is 0.494 e. The van der Waals surface area contributed by atoms with Crippen LogP contribution in [0.15, 0.2) is 70.8 Å². The summed E-state index contributed by atoms with van der Waals surface area (Å²) in [5.74, 6) is 1.96. The fraction of sp³-hybridized carbons (Fsp3) is 0.333. The van der Waals surface area contributed by atoms with E-state index in [0.29, 0.717) is 58.7 Å². The first-order valence-electron chi connectivity index (χ1n) is 13.2. The van der Waals surface area contributed by atoms with Gasteiger partial charge in [0.05, 0.1) is 27.9 Å². The molecule has 0 bridgehead atoms. The molecule has 0 aliphatic carbocycles. The maximum absolute atomic E-state index is 13.9. The number of aliphatic imine (C=N–C) groups is 1. The van der Waals surface area contributed by atoms with Crippen molar-refractivity contribution in [3.63, 3.8) is 0 Å². The summed E-state index contributed by atoms with van der Waals surface area (Å²) >= 11 is 0. The molecule has 1 amide bonds. The molecule has 0 unspecified atom stereocenters. The third-order valence-corrected chi connectivity index (χ3v) is 6.66. The lowest BCUT2D eigenvalue weighted by molar-refractivity contribution is -0.126. The normalized spacial score (nSPS) is 15.6. The SMILES string of the molecule is COc1cc(CNC(=O)[C@@]2(Cc3ccccc3N=[N+]=[N-])COC(c3ccc(OCCCO)cc3)=N2)cc(OC)c1OC. The van der Waals surface area contributed by atoms with E-state index in [0.717, 1.165) is 5.56 Å². The molecule has 12 heteroatoms. The zero-order valence-electron chi connectivity index (χ0n) is 23.7. The van der Waals surface area contributed by atoms with Crippen LogP contribution in [0.5, 0.6) is 23.0 Å². The van der Waals surface area contributed by atoms with Crippen molar-refractivity contribution in [1.82, 2.24) is 5.32 Å². The summed E-state index contributed by atoms with van der Waals surface area (Å²) in [5, 5.41) is 15.7. The minimum Gasteiger partial charge on any atom is -0.494 e. The summed E-state index contributed by atoms with van der Waals surface area (Å²) in [5.41, 5.74) is 10.2. The molecule has 0 fully saturated rings. The van der Waals surface area contributed by atoms with Gasteiger partial charge in [-0.25, -0.2) is 4.99 Å². The number of nitrogens with zero attached hydrogens (tertiary/aromatic N) is 4. The third kappa shape index (κ3) is 6.85. The predicted molar refractivity (Wildman–Crippen MR) is 156 cm³/mol. The summed E-state index contributed by atoms with van der Waals surface area (Å²) in [6, 6.07) is 17.7. The van der Waals surface area contributed by atoms with E-state index in [1.807, 2.05) is 6.07 Å². The summed E-state index contributed by atoms with van der Waals surface area (Å²) < 4.78 is 27.9. The summed E-state index contributed by atoms with van der Waals surface area (Å²) in [6.07, 6.45) is 0.664. The molecule has 3 aromatic carbocycles. The summed E-state index contributed by atoms with van der Waals surface area (Å²) in [6.45, 7) is 0.575. The number of aliphatic hydroxyl groups excluding tert-OH is 1. The lowest BCUT2D eigenvalue weighted by Gasteiger charge is -2.24. The van der Waals surface area contributed by atoms with Crippen molar-refractivity contribution in [3.05, 3.63) is 87.8 Å². The quantitative estimate of drug-likeness (QED) is 0.124. The molecule has 2 N–H and O–H groups in total. The fourth-order valence-electron chi connectivity index (χ4n) is 4.54. The lowest BCUT2D eigenvalue weighted by atomic mass is 9.90. The van der Waals surface area contributed by atoms with E-state index in [1.165, 1.54) is 21.3 Å². The topological polar surface area (TPSA) is 157 Å². The second kappa shape index (κ2) is 14.1. The van der Waals surface area contributed by atoms with Crippen LogP contribution in [0.3, 0.4) is 0 Å². The van der Waals surface area contributed by atoms with E-state index in [4.69, 9.17) is 39.3 Å². The highest BCUT2D eigenvalue weighted by Crippen LogP contribution is 2.38. The molecule has 0 spiro atoms. The minimum absolute atomic E-state index is 0.0250. The Morgan fingerprint density at radius 2 is 1.81 bits per heavy atom. The Balaban J connectivity index is 1.63. The predicted octanol–water partition coefficient (Wildman–Crippen LogP) is 4.49. The minimum atomic E-state index is -1.34. The summed E-state index contributed by atoms with van der Waals surface area (Å²) in [7, 11) is 4.57. The average Bonchev–Trinajstić information content (AvgIpc) is 3.46. The van der Waals surface area contributed by atoms with Gasteiger partial charge in [0.15, 0.2) is 17.0 Å². The van der Waals surface area contributed by atoms with Gasteiger partial charge in [0.1, 0.15) is 12.4 Å². The van der Waals surface area contributed by atoms with Gasteiger partial charge in [-0.3, -0.25) is 4.79 Å². The van der Waals surface area contributed by atoms with Crippen molar-refractivity contribution >= 4 is 17.5 Å². The Hall–Kier alpha value is -4.93.